The first-order valence-electron chi connectivity index (χ1n) is 8.70. The van der Waals surface area contributed by atoms with Crippen LogP contribution in [0.15, 0.2) is 53.1 Å². The summed E-state index contributed by atoms with van der Waals surface area (Å²) in [4.78, 5) is 8.10. The van der Waals surface area contributed by atoms with E-state index in [0.717, 1.165) is 27.8 Å². The molecule has 2 heterocycles. The summed E-state index contributed by atoms with van der Waals surface area (Å²) in [7, 11) is 3.18. The second-order valence-electron chi connectivity index (χ2n) is 6.31. The van der Waals surface area contributed by atoms with E-state index in [1.165, 1.54) is 0 Å². The molecule has 0 spiro atoms. The fourth-order valence-corrected chi connectivity index (χ4v) is 3.22. The van der Waals surface area contributed by atoms with E-state index in [1.54, 1.807) is 20.4 Å². The van der Waals surface area contributed by atoms with Gasteiger partial charge in [0.25, 0.3) is 0 Å². The molecule has 4 rings (SSSR count). The van der Waals surface area contributed by atoms with Gasteiger partial charge in [-0.2, -0.15) is 4.98 Å². The topological polar surface area (TPSA) is 109 Å². The Hall–Kier alpha value is -3.74. The van der Waals surface area contributed by atoms with Crippen LogP contribution in [0.4, 0.5) is 11.8 Å². The zero-order valence-corrected chi connectivity index (χ0v) is 15.6. The highest BCUT2D eigenvalue weighted by atomic mass is 16.5. The highest BCUT2D eigenvalue weighted by molar-refractivity contribution is 5.92. The molecule has 2 aromatic heterocycles. The van der Waals surface area contributed by atoms with Crippen molar-refractivity contribution >= 4 is 22.7 Å². The zero-order valence-electron chi connectivity index (χ0n) is 15.6. The summed E-state index contributed by atoms with van der Waals surface area (Å²) in [6.45, 7) is 0. The molecule has 7 nitrogen and oxygen atoms in total. The Morgan fingerprint density at radius 3 is 2.46 bits per heavy atom. The lowest BCUT2D eigenvalue weighted by Gasteiger charge is -2.12. The average molecular weight is 376 g/mol. The van der Waals surface area contributed by atoms with Crippen molar-refractivity contribution < 1.29 is 13.9 Å². The normalized spacial score (nSPS) is 10.9. The van der Waals surface area contributed by atoms with Gasteiger partial charge in [-0.15, -0.1) is 0 Å². The fraction of sp³-hybridized carbons (Fsp3) is 0.143. The third kappa shape index (κ3) is 3.07. The van der Waals surface area contributed by atoms with E-state index in [2.05, 4.69) is 9.97 Å². The molecule has 0 radical (unpaired) electrons. The second kappa shape index (κ2) is 7.11. The average Bonchev–Trinajstić information content (AvgIpc) is 3.16. The number of benzene rings is 2. The minimum Gasteiger partial charge on any atom is -0.493 e. The first kappa shape index (κ1) is 17.7. The van der Waals surface area contributed by atoms with Gasteiger partial charge in [0.1, 0.15) is 11.6 Å². The van der Waals surface area contributed by atoms with Crippen LogP contribution in [0.2, 0.25) is 0 Å². The highest BCUT2D eigenvalue weighted by Crippen LogP contribution is 2.42. The summed E-state index contributed by atoms with van der Waals surface area (Å²) in [5.74, 6) is 2.36. The molecular formula is C21H20N4O3. The number of nitrogen functional groups attached to an aromatic ring is 2. The van der Waals surface area contributed by atoms with E-state index in [-0.39, 0.29) is 5.95 Å². The number of hydrogen-bond donors (Lipinski definition) is 2. The van der Waals surface area contributed by atoms with Crippen LogP contribution < -0.4 is 20.9 Å². The molecule has 4 N–H and O–H groups in total. The first-order chi connectivity index (χ1) is 13.6. The van der Waals surface area contributed by atoms with Crippen molar-refractivity contribution in [2.45, 2.75) is 6.42 Å². The lowest BCUT2D eigenvalue weighted by molar-refractivity contribution is 0.353. The van der Waals surface area contributed by atoms with E-state index < -0.39 is 0 Å². The molecule has 0 aliphatic heterocycles. The molecule has 28 heavy (non-hydrogen) atoms. The largest absolute Gasteiger partial charge is 0.493 e. The molecule has 0 bridgehead atoms. The maximum absolute atomic E-state index is 6.16. The fourth-order valence-electron chi connectivity index (χ4n) is 3.22. The van der Waals surface area contributed by atoms with E-state index in [1.807, 2.05) is 42.5 Å². The molecule has 2 aromatic carbocycles. The number of ether oxygens (including phenoxy) is 2. The van der Waals surface area contributed by atoms with Gasteiger partial charge in [0.2, 0.25) is 11.7 Å². The predicted molar refractivity (Wildman–Crippen MR) is 108 cm³/mol. The Morgan fingerprint density at radius 2 is 1.79 bits per heavy atom. The molecule has 0 fully saturated rings. The number of fused-ring (bicyclic) bond motifs is 1. The van der Waals surface area contributed by atoms with Gasteiger partial charge in [0.15, 0.2) is 11.3 Å². The van der Waals surface area contributed by atoms with Crippen molar-refractivity contribution in [3.05, 3.63) is 59.8 Å². The summed E-state index contributed by atoms with van der Waals surface area (Å²) in [5, 5.41) is 0.910. The maximum Gasteiger partial charge on any atom is 0.221 e. The van der Waals surface area contributed by atoms with Crippen LogP contribution in [-0.4, -0.2) is 24.2 Å². The van der Waals surface area contributed by atoms with Crippen LogP contribution in [-0.2, 0) is 6.42 Å². The molecule has 0 saturated carbocycles. The van der Waals surface area contributed by atoms with Crippen molar-refractivity contribution in [2.75, 3.05) is 25.7 Å². The van der Waals surface area contributed by atoms with Gasteiger partial charge in [-0.1, -0.05) is 30.3 Å². The van der Waals surface area contributed by atoms with Gasteiger partial charge in [0, 0.05) is 29.1 Å². The smallest absolute Gasteiger partial charge is 0.221 e. The maximum atomic E-state index is 6.16. The molecule has 7 heteroatoms. The number of nitrogens with zero attached hydrogens (tertiary/aromatic N) is 2. The number of aromatic nitrogens is 2. The first-order valence-corrected chi connectivity index (χ1v) is 8.70. The number of methoxy groups -OCH3 is 2. The molecule has 0 aliphatic rings. The number of hydrogen-bond acceptors (Lipinski definition) is 7. The molecule has 0 saturated heterocycles. The van der Waals surface area contributed by atoms with E-state index in [9.17, 15) is 0 Å². The Labute approximate surface area is 161 Å². The standard InChI is InChI=1S/C21H20N4O3/c1-26-17-9-13(8-14-11-24-21(23)25-20(14)22)15-10-16(12-6-4-3-5-7-12)28-18(15)19(17)27-2/h3-7,9-11H,8H2,1-2H3,(H4,22,23,24,25). The number of nitrogens with two attached hydrogens (primary N) is 2. The summed E-state index contributed by atoms with van der Waals surface area (Å²) < 4.78 is 17.2. The monoisotopic (exact) mass is 376 g/mol. The molecular weight excluding hydrogens is 356 g/mol. The lowest BCUT2D eigenvalue weighted by Crippen LogP contribution is -2.04. The van der Waals surface area contributed by atoms with Crippen LogP contribution in [0.5, 0.6) is 11.5 Å². The van der Waals surface area contributed by atoms with E-state index in [4.69, 9.17) is 25.4 Å². The van der Waals surface area contributed by atoms with Gasteiger partial charge >= 0.3 is 0 Å². The van der Waals surface area contributed by atoms with Gasteiger partial charge in [-0.05, 0) is 17.7 Å². The summed E-state index contributed by atoms with van der Waals surface area (Å²) >= 11 is 0. The third-order valence-corrected chi connectivity index (χ3v) is 4.59. The number of furan rings is 1. The van der Waals surface area contributed by atoms with E-state index in [0.29, 0.717) is 29.3 Å². The quantitative estimate of drug-likeness (QED) is 0.547. The Kier molecular flexibility index (Phi) is 4.49. The van der Waals surface area contributed by atoms with Gasteiger partial charge in [-0.3, -0.25) is 0 Å². The van der Waals surface area contributed by atoms with Crippen molar-refractivity contribution in [2.24, 2.45) is 0 Å². The molecule has 0 amide bonds. The lowest BCUT2D eigenvalue weighted by atomic mass is 10.0. The van der Waals surface area contributed by atoms with Crippen LogP contribution in [0, 0.1) is 0 Å². The zero-order chi connectivity index (χ0) is 19.7. The summed E-state index contributed by atoms with van der Waals surface area (Å²) in [6.07, 6.45) is 2.13. The van der Waals surface area contributed by atoms with Crippen molar-refractivity contribution in [1.29, 1.82) is 0 Å². The summed E-state index contributed by atoms with van der Waals surface area (Å²) in [6, 6.07) is 13.8. The van der Waals surface area contributed by atoms with Crippen LogP contribution in [0.25, 0.3) is 22.3 Å². The number of rotatable bonds is 5. The summed E-state index contributed by atoms with van der Waals surface area (Å²) in [5.41, 5.74) is 14.9. The Balaban J connectivity index is 1.90. The van der Waals surface area contributed by atoms with Crippen molar-refractivity contribution in [3.8, 4) is 22.8 Å². The number of anilines is 2. The van der Waals surface area contributed by atoms with Gasteiger partial charge in [-0.25, -0.2) is 4.98 Å². The van der Waals surface area contributed by atoms with Crippen molar-refractivity contribution in [1.82, 2.24) is 9.97 Å². The molecule has 4 aromatic rings. The highest BCUT2D eigenvalue weighted by Gasteiger charge is 2.20. The van der Waals surface area contributed by atoms with E-state index >= 15 is 0 Å². The SMILES string of the molecule is COc1cc(Cc2cnc(N)nc2N)c2cc(-c3ccccc3)oc2c1OC. The second-order valence-corrected chi connectivity index (χ2v) is 6.31. The molecule has 142 valence electrons. The van der Waals surface area contributed by atoms with Crippen LogP contribution in [0.1, 0.15) is 11.1 Å². The van der Waals surface area contributed by atoms with Crippen molar-refractivity contribution in [3.63, 3.8) is 0 Å². The van der Waals surface area contributed by atoms with Crippen LogP contribution in [0.3, 0.4) is 0 Å². The molecule has 0 aliphatic carbocycles. The minimum absolute atomic E-state index is 0.147. The van der Waals surface area contributed by atoms with Crippen LogP contribution >= 0.6 is 0 Å². The third-order valence-electron chi connectivity index (χ3n) is 4.59. The van der Waals surface area contributed by atoms with Gasteiger partial charge < -0.3 is 25.4 Å². The molecule has 0 unspecified atom stereocenters. The minimum atomic E-state index is 0.147. The Morgan fingerprint density at radius 1 is 1.00 bits per heavy atom. The predicted octanol–water partition coefficient (Wildman–Crippen LogP) is 3.66. The Bertz CT molecular complexity index is 1140. The molecule has 0 atom stereocenters. The van der Waals surface area contributed by atoms with Gasteiger partial charge in [0.05, 0.1) is 14.2 Å².